The van der Waals surface area contributed by atoms with Crippen molar-refractivity contribution in [3.8, 4) is 11.5 Å². The lowest BCUT2D eigenvalue weighted by molar-refractivity contribution is -0.112. The van der Waals surface area contributed by atoms with Crippen LogP contribution >= 0.6 is 0 Å². The van der Waals surface area contributed by atoms with Crippen LogP contribution in [0.4, 0.5) is 0 Å². The summed E-state index contributed by atoms with van der Waals surface area (Å²) in [4.78, 5) is 25.9. The molecule has 0 saturated carbocycles. The molecule has 1 rings (SSSR count). The Balaban J connectivity index is 2.65. The van der Waals surface area contributed by atoms with E-state index in [4.69, 9.17) is 4.84 Å². The predicted molar refractivity (Wildman–Crippen MR) is 57.1 cm³/mol. The Morgan fingerprint density at radius 3 is 2.88 bits per heavy atom. The average Bonchev–Trinajstić information content (AvgIpc) is 2.26. The fourth-order valence-electron chi connectivity index (χ4n) is 0.935. The second kappa shape index (κ2) is 5.55. The van der Waals surface area contributed by atoms with Gasteiger partial charge in [-0.15, -0.1) is 0 Å². The van der Waals surface area contributed by atoms with Crippen LogP contribution in [0, 0.1) is 0 Å². The smallest absolute Gasteiger partial charge is 0.197 e. The van der Waals surface area contributed by atoms with Gasteiger partial charge in [-0.1, -0.05) is 0 Å². The molecule has 0 aromatic heterocycles. The summed E-state index contributed by atoms with van der Waals surface area (Å²) in [5.41, 5.74) is 2.73. The Hall–Kier alpha value is -2.30. The van der Waals surface area contributed by atoms with Crippen LogP contribution in [-0.2, 0) is 4.79 Å². The van der Waals surface area contributed by atoms with Crippen LogP contribution in [0.25, 0.3) is 0 Å². The van der Waals surface area contributed by atoms with Crippen molar-refractivity contribution in [2.24, 2.45) is 0 Å². The van der Waals surface area contributed by atoms with Crippen LogP contribution in [0.15, 0.2) is 30.5 Å². The van der Waals surface area contributed by atoms with Gasteiger partial charge in [-0.05, 0) is 31.2 Å². The highest BCUT2D eigenvalue weighted by molar-refractivity contribution is 5.87. The molecule has 0 atom stereocenters. The molecule has 0 radical (unpaired) electrons. The molecule has 0 aliphatic rings. The molecule has 5 heteroatoms. The normalized spacial score (nSPS) is 10.1. The van der Waals surface area contributed by atoms with Gasteiger partial charge in [-0.25, -0.2) is 5.48 Å². The van der Waals surface area contributed by atoms with E-state index in [1.165, 1.54) is 37.4 Å². The van der Waals surface area contributed by atoms with Crippen molar-refractivity contribution in [2.45, 2.75) is 6.92 Å². The van der Waals surface area contributed by atoms with Crippen LogP contribution < -0.4 is 10.3 Å². The van der Waals surface area contributed by atoms with Crippen LogP contribution in [0.3, 0.4) is 0 Å². The van der Waals surface area contributed by atoms with Crippen molar-refractivity contribution in [1.82, 2.24) is 5.48 Å². The second-order valence-corrected chi connectivity index (χ2v) is 3.01. The summed E-state index contributed by atoms with van der Waals surface area (Å²) in [6, 6.07) is 4.17. The van der Waals surface area contributed by atoms with Gasteiger partial charge in [0, 0.05) is 11.8 Å². The fraction of sp³-hybridized carbons (Fsp3) is 0.0909. The first kappa shape index (κ1) is 11.8. The van der Waals surface area contributed by atoms with E-state index in [1.807, 2.05) is 0 Å². The standard InChI is InChI=1S/C11H11NO4/c1-8(14)4-5-12-16-11-6-9(7-13)2-3-10(11)15/h2-7,12,15H,1H3. The molecule has 2 N–H and O–H groups in total. The minimum atomic E-state index is -0.137. The number of carbonyl (C=O) groups excluding carboxylic acids is 2. The monoisotopic (exact) mass is 221 g/mol. The van der Waals surface area contributed by atoms with Crippen molar-refractivity contribution in [3.05, 3.63) is 36.0 Å². The second-order valence-electron chi connectivity index (χ2n) is 3.01. The zero-order valence-electron chi connectivity index (χ0n) is 8.64. The van der Waals surface area contributed by atoms with Crippen molar-refractivity contribution in [3.63, 3.8) is 0 Å². The van der Waals surface area contributed by atoms with Gasteiger partial charge >= 0.3 is 0 Å². The van der Waals surface area contributed by atoms with E-state index in [-0.39, 0.29) is 17.3 Å². The summed E-state index contributed by atoms with van der Waals surface area (Å²) in [5.74, 6) is -0.130. The SMILES string of the molecule is CC(=O)C=CNOc1cc(C=O)ccc1O. The van der Waals surface area contributed by atoms with Crippen LogP contribution in [0.5, 0.6) is 11.5 Å². The predicted octanol–water partition coefficient (Wildman–Crippen LogP) is 1.19. The zero-order chi connectivity index (χ0) is 12.0. The summed E-state index contributed by atoms with van der Waals surface area (Å²) in [6.45, 7) is 1.39. The topological polar surface area (TPSA) is 75.6 Å². The lowest BCUT2D eigenvalue weighted by atomic mass is 10.2. The van der Waals surface area contributed by atoms with Crippen molar-refractivity contribution < 1.29 is 19.5 Å². The summed E-state index contributed by atoms with van der Waals surface area (Å²) in [7, 11) is 0. The lowest BCUT2D eigenvalue weighted by Gasteiger charge is -2.06. The molecule has 0 saturated heterocycles. The van der Waals surface area contributed by atoms with Crippen molar-refractivity contribution >= 4 is 12.1 Å². The maximum atomic E-state index is 10.5. The lowest BCUT2D eigenvalue weighted by Crippen LogP contribution is -2.11. The molecule has 16 heavy (non-hydrogen) atoms. The highest BCUT2D eigenvalue weighted by atomic mass is 16.6. The highest BCUT2D eigenvalue weighted by Crippen LogP contribution is 2.25. The Morgan fingerprint density at radius 1 is 1.50 bits per heavy atom. The molecule has 0 bridgehead atoms. The molecule has 0 fully saturated rings. The minimum Gasteiger partial charge on any atom is -0.504 e. The Labute approximate surface area is 92.3 Å². The number of phenolic OH excluding ortho intramolecular Hbond substituents is 1. The number of benzene rings is 1. The van der Waals surface area contributed by atoms with Gasteiger partial charge in [-0.2, -0.15) is 0 Å². The Morgan fingerprint density at radius 2 is 2.25 bits per heavy atom. The summed E-state index contributed by atoms with van der Waals surface area (Å²) in [5, 5.41) is 9.37. The van der Waals surface area contributed by atoms with E-state index in [0.29, 0.717) is 11.8 Å². The number of carbonyl (C=O) groups is 2. The molecule has 0 amide bonds. The molecule has 0 unspecified atom stereocenters. The average molecular weight is 221 g/mol. The third kappa shape index (κ3) is 3.45. The summed E-state index contributed by atoms with van der Waals surface area (Å²) in [6.07, 6.45) is 3.19. The molecular weight excluding hydrogens is 210 g/mol. The molecule has 84 valence electrons. The van der Waals surface area contributed by atoms with E-state index in [2.05, 4.69) is 5.48 Å². The van der Waals surface area contributed by atoms with Gasteiger partial charge in [0.25, 0.3) is 0 Å². The van der Waals surface area contributed by atoms with Gasteiger partial charge < -0.3 is 9.94 Å². The highest BCUT2D eigenvalue weighted by Gasteiger charge is 2.03. The number of rotatable bonds is 5. The molecule has 0 aliphatic carbocycles. The number of allylic oxidation sites excluding steroid dienone is 1. The van der Waals surface area contributed by atoms with E-state index >= 15 is 0 Å². The molecule has 0 spiro atoms. The quantitative estimate of drug-likeness (QED) is 0.443. The van der Waals surface area contributed by atoms with E-state index in [1.54, 1.807) is 0 Å². The minimum absolute atomic E-state index is 0.102. The third-order valence-corrected chi connectivity index (χ3v) is 1.67. The van der Waals surface area contributed by atoms with Gasteiger partial charge in [0.05, 0.1) is 0 Å². The van der Waals surface area contributed by atoms with E-state index in [9.17, 15) is 14.7 Å². The Kier molecular flexibility index (Phi) is 4.08. The zero-order valence-corrected chi connectivity index (χ0v) is 8.64. The number of aromatic hydroxyl groups is 1. The maximum Gasteiger partial charge on any atom is 0.197 e. The van der Waals surface area contributed by atoms with Gasteiger partial charge in [-0.3, -0.25) is 9.59 Å². The number of hydrogen-bond acceptors (Lipinski definition) is 5. The first-order valence-electron chi connectivity index (χ1n) is 4.51. The fourth-order valence-corrected chi connectivity index (χ4v) is 0.935. The van der Waals surface area contributed by atoms with Crippen molar-refractivity contribution in [2.75, 3.05) is 0 Å². The number of aldehydes is 1. The summed E-state index contributed by atoms with van der Waals surface area (Å²) >= 11 is 0. The third-order valence-electron chi connectivity index (χ3n) is 1.67. The number of ketones is 1. The molecule has 5 nitrogen and oxygen atoms in total. The largest absolute Gasteiger partial charge is 0.504 e. The number of nitrogens with one attached hydrogen (secondary N) is 1. The molecule has 1 aromatic carbocycles. The van der Waals surface area contributed by atoms with E-state index < -0.39 is 0 Å². The first-order chi connectivity index (χ1) is 7.63. The molecule has 1 aromatic rings. The number of hydroxylamine groups is 1. The summed E-state index contributed by atoms with van der Waals surface area (Å²) < 4.78 is 0. The van der Waals surface area contributed by atoms with Crippen LogP contribution in [0.2, 0.25) is 0 Å². The number of hydrogen-bond donors (Lipinski definition) is 2. The first-order valence-corrected chi connectivity index (χ1v) is 4.51. The van der Waals surface area contributed by atoms with Crippen LogP contribution in [-0.4, -0.2) is 17.2 Å². The molecular formula is C11H11NO4. The van der Waals surface area contributed by atoms with Crippen molar-refractivity contribution in [1.29, 1.82) is 0 Å². The van der Waals surface area contributed by atoms with Gasteiger partial charge in [0.2, 0.25) is 0 Å². The molecule has 0 heterocycles. The van der Waals surface area contributed by atoms with Gasteiger partial charge in [0.15, 0.2) is 17.3 Å². The number of phenols is 1. The Bertz CT molecular complexity index is 426. The maximum absolute atomic E-state index is 10.5. The van der Waals surface area contributed by atoms with Gasteiger partial charge in [0.1, 0.15) is 6.29 Å². The van der Waals surface area contributed by atoms with E-state index in [0.717, 1.165) is 0 Å². The van der Waals surface area contributed by atoms with Crippen LogP contribution in [0.1, 0.15) is 17.3 Å². The molecule has 0 aliphatic heterocycles.